The highest BCUT2D eigenvalue weighted by Gasteiger charge is 2.07. The predicted molar refractivity (Wildman–Crippen MR) is 69.9 cm³/mol. The van der Waals surface area contributed by atoms with Gasteiger partial charge >= 0.3 is 0 Å². The number of hydrogen-bond acceptors (Lipinski definition) is 1. The topological polar surface area (TPSA) is 12.0 Å². The zero-order valence-corrected chi connectivity index (χ0v) is 9.91. The zero-order valence-electron chi connectivity index (χ0n) is 9.15. The second kappa shape index (κ2) is 5.04. The van der Waals surface area contributed by atoms with Gasteiger partial charge in [-0.1, -0.05) is 48.0 Å². The standard InChI is InChI=1S/C14H14ClN/c1-11(13-9-5-6-10-14(13)15)16-12-7-3-2-4-8-12/h2-11,16H,1H3/t11-/m0/s1. The van der Waals surface area contributed by atoms with E-state index in [-0.39, 0.29) is 6.04 Å². The van der Waals surface area contributed by atoms with Crippen LogP contribution in [-0.4, -0.2) is 0 Å². The molecular formula is C14H14ClN. The molecular weight excluding hydrogens is 218 g/mol. The lowest BCUT2D eigenvalue weighted by molar-refractivity contribution is 0.885. The fourth-order valence-corrected chi connectivity index (χ4v) is 1.99. The van der Waals surface area contributed by atoms with E-state index >= 15 is 0 Å². The van der Waals surface area contributed by atoms with Crippen LogP contribution in [0.15, 0.2) is 54.6 Å². The van der Waals surface area contributed by atoms with Crippen LogP contribution in [0.25, 0.3) is 0 Å². The van der Waals surface area contributed by atoms with E-state index in [2.05, 4.69) is 12.2 Å². The SMILES string of the molecule is C[C@H](Nc1ccccc1)c1ccccc1Cl. The maximum absolute atomic E-state index is 6.15. The minimum atomic E-state index is 0.205. The molecule has 0 saturated heterocycles. The smallest absolute Gasteiger partial charge is 0.0500 e. The van der Waals surface area contributed by atoms with Gasteiger partial charge in [-0.3, -0.25) is 0 Å². The van der Waals surface area contributed by atoms with Gasteiger partial charge in [0.05, 0.1) is 0 Å². The van der Waals surface area contributed by atoms with Crippen LogP contribution in [0.3, 0.4) is 0 Å². The van der Waals surface area contributed by atoms with Crippen LogP contribution in [0, 0.1) is 0 Å². The van der Waals surface area contributed by atoms with Crippen LogP contribution in [0.2, 0.25) is 5.02 Å². The largest absolute Gasteiger partial charge is 0.378 e. The van der Waals surface area contributed by atoms with Gasteiger partial charge in [0.15, 0.2) is 0 Å². The number of benzene rings is 2. The summed E-state index contributed by atoms with van der Waals surface area (Å²) in [5.41, 5.74) is 2.22. The fourth-order valence-electron chi connectivity index (χ4n) is 1.69. The van der Waals surface area contributed by atoms with Crippen LogP contribution in [-0.2, 0) is 0 Å². The van der Waals surface area contributed by atoms with Gasteiger partial charge in [-0.15, -0.1) is 0 Å². The van der Waals surface area contributed by atoms with Crippen LogP contribution in [0.5, 0.6) is 0 Å². The van der Waals surface area contributed by atoms with Crippen LogP contribution in [0.1, 0.15) is 18.5 Å². The first-order valence-corrected chi connectivity index (χ1v) is 5.71. The predicted octanol–water partition coefficient (Wildman–Crippen LogP) is 4.51. The molecule has 1 N–H and O–H groups in total. The molecule has 1 nitrogen and oxygen atoms in total. The van der Waals surface area contributed by atoms with Crippen molar-refractivity contribution in [3.05, 3.63) is 65.2 Å². The Morgan fingerprint density at radius 1 is 0.938 bits per heavy atom. The zero-order chi connectivity index (χ0) is 11.4. The first-order chi connectivity index (χ1) is 7.77. The first kappa shape index (κ1) is 11.0. The van der Waals surface area contributed by atoms with Gasteiger partial charge < -0.3 is 5.32 Å². The quantitative estimate of drug-likeness (QED) is 0.820. The van der Waals surface area contributed by atoms with Crippen molar-refractivity contribution >= 4 is 17.3 Å². The molecule has 0 spiro atoms. The summed E-state index contributed by atoms with van der Waals surface area (Å²) in [5.74, 6) is 0. The van der Waals surface area contributed by atoms with Crippen molar-refractivity contribution in [2.75, 3.05) is 5.32 Å². The number of anilines is 1. The second-order valence-corrected chi connectivity index (χ2v) is 4.16. The molecule has 0 aliphatic carbocycles. The fraction of sp³-hybridized carbons (Fsp3) is 0.143. The molecule has 2 heteroatoms. The summed E-state index contributed by atoms with van der Waals surface area (Å²) in [4.78, 5) is 0. The van der Waals surface area contributed by atoms with Gasteiger partial charge in [0.2, 0.25) is 0 Å². The molecule has 0 aliphatic rings. The average Bonchev–Trinajstić information content (AvgIpc) is 2.31. The molecule has 0 heterocycles. The second-order valence-electron chi connectivity index (χ2n) is 3.75. The van der Waals surface area contributed by atoms with Crippen LogP contribution < -0.4 is 5.32 Å². The lowest BCUT2D eigenvalue weighted by Crippen LogP contribution is -2.06. The van der Waals surface area contributed by atoms with Crippen molar-refractivity contribution < 1.29 is 0 Å². The monoisotopic (exact) mass is 231 g/mol. The van der Waals surface area contributed by atoms with Crippen molar-refractivity contribution in [2.24, 2.45) is 0 Å². The van der Waals surface area contributed by atoms with Gasteiger partial charge in [-0.05, 0) is 30.7 Å². The third-order valence-corrected chi connectivity index (χ3v) is 2.87. The molecule has 16 heavy (non-hydrogen) atoms. The normalized spacial score (nSPS) is 12.1. The number of rotatable bonds is 3. The minimum Gasteiger partial charge on any atom is -0.378 e. The molecule has 82 valence electrons. The Balaban J connectivity index is 2.15. The van der Waals surface area contributed by atoms with E-state index in [4.69, 9.17) is 11.6 Å². The Hall–Kier alpha value is -1.47. The third kappa shape index (κ3) is 2.56. The summed E-state index contributed by atoms with van der Waals surface area (Å²) in [6.45, 7) is 2.11. The molecule has 2 aromatic carbocycles. The summed E-state index contributed by atoms with van der Waals surface area (Å²) in [5, 5.41) is 4.22. The molecule has 0 bridgehead atoms. The highest BCUT2D eigenvalue weighted by atomic mass is 35.5. The molecule has 0 unspecified atom stereocenters. The third-order valence-electron chi connectivity index (χ3n) is 2.53. The summed E-state index contributed by atoms with van der Waals surface area (Å²) in [7, 11) is 0. The molecule has 0 aliphatic heterocycles. The molecule has 0 amide bonds. The van der Waals surface area contributed by atoms with Crippen molar-refractivity contribution in [1.82, 2.24) is 0 Å². The number of nitrogens with one attached hydrogen (secondary N) is 1. The lowest BCUT2D eigenvalue weighted by atomic mass is 10.1. The Morgan fingerprint density at radius 3 is 2.25 bits per heavy atom. The number of halogens is 1. The van der Waals surface area contributed by atoms with E-state index in [0.717, 1.165) is 16.3 Å². The maximum Gasteiger partial charge on any atom is 0.0500 e. The van der Waals surface area contributed by atoms with Gasteiger partial charge in [0.1, 0.15) is 0 Å². The van der Waals surface area contributed by atoms with E-state index < -0.39 is 0 Å². The molecule has 0 fully saturated rings. The van der Waals surface area contributed by atoms with Gasteiger partial charge in [0.25, 0.3) is 0 Å². The molecule has 0 radical (unpaired) electrons. The Morgan fingerprint density at radius 2 is 1.56 bits per heavy atom. The Bertz CT molecular complexity index is 453. The van der Waals surface area contributed by atoms with Gasteiger partial charge in [0, 0.05) is 16.8 Å². The summed E-state index contributed by atoms with van der Waals surface area (Å²) in [6.07, 6.45) is 0. The summed E-state index contributed by atoms with van der Waals surface area (Å²) >= 11 is 6.15. The Kier molecular flexibility index (Phi) is 3.47. The number of hydrogen-bond donors (Lipinski definition) is 1. The van der Waals surface area contributed by atoms with Gasteiger partial charge in [-0.25, -0.2) is 0 Å². The van der Waals surface area contributed by atoms with E-state index in [0.29, 0.717) is 0 Å². The van der Waals surface area contributed by atoms with Crippen LogP contribution in [0.4, 0.5) is 5.69 Å². The summed E-state index contributed by atoms with van der Waals surface area (Å²) < 4.78 is 0. The van der Waals surface area contributed by atoms with E-state index in [1.807, 2.05) is 54.6 Å². The minimum absolute atomic E-state index is 0.205. The van der Waals surface area contributed by atoms with Crippen molar-refractivity contribution in [2.45, 2.75) is 13.0 Å². The van der Waals surface area contributed by atoms with Crippen molar-refractivity contribution in [3.8, 4) is 0 Å². The molecule has 0 saturated carbocycles. The van der Waals surface area contributed by atoms with Crippen LogP contribution >= 0.6 is 11.6 Å². The molecule has 2 rings (SSSR count). The maximum atomic E-state index is 6.15. The van der Waals surface area contributed by atoms with E-state index in [1.165, 1.54) is 0 Å². The van der Waals surface area contributed by atoms with Crippen molar-refractivity contribution in [1.29, 1.82) is 0 Å². The van der Waals surface area contributed by atoms with E-state index in [9.17, 15) is 0 Å². The summed E-state index contributed by atoms with van der Waals surface area (Å²) in [6, 6.07) is 18.3. The highest BCUT2D eigenvalue weighted by molar-refractivity contribution is 6.31. The average molecular weight is 232 g/mol. The van der Waals surface area contributed by atoms with Gasteiger partial charge in [-0.2, -0.15) is 0 Å². The molecule has 0 aromatic heterocycles. The molecule has 1 atom stereocenters. The molecule has 2 aromatic rings. The Labute approximate surface area is 101 Å². The first-order valence-electron chi connectivity index (χ1n) is 5.33. The number of para-hydroxylation sites is 1. The van der Waals surface area contributed by atoms with E-state index in [1.54, 1.807) is 0 Å². The highest BCUT2D eigenvalue weighted by Crippen LogP contribution is 2.25. The lowest BCUT2D eigenvalue weighted by Gasteiger charge is -2.16. The van der Waals surface area contributed by atoms with Crippen molar-refractivity contribution in [3.63, 3.8) is 0 Å².